The van der Waals surface area contributed by atoms with Crippen LogP contribution in [0.5, 0.6) is 0 Å². The third-order valence-electron chi connectivity index (χ3n) is 3.60. The van der Waals surface area contributed by atoms with Gasteiger partial charge in [-0.15, -0.1) is 0 Å². The SMILES string of the molecule is CCC1(C)NC(c2ccsc2)N(CCSC)C1=O. The fourth-order valence-corrected chi connectivity index (χ4v) is 3.30. The Hall–Kier alpha value is -0.520. The second-order valence-electron chi connectivity index (χ2n) is 4.78. The van der Waals surface area contributed by atoms with Crippen molar-refractivity contribution in [3.63, 3.8) is 0 Å². The largest absolute Gasteiger partial charge is 0.320 e. The van der Waals surface area contributed by atoms with Crippen LogP contribution in [0.15, 0.2) is 16.8 Å². The summed E-state index contributed by atoms with van der Waals surface area (Å²) >= 11 is 3.46. The lowest BCUT2D eigenvalue weighted by atomic mass is 9.99. The summed E-state index contributed by atoms with van der Waals surface area (Å²) in [4.78, 5) is 14.5. The Morgan fingerprint density at radius 2 is 2.39 bits per heavy atom. The van der Waals surface area contributed by atoms with Crippen LogP contribution in [0.3, 0.4) is 0 Å². The van der Waals surface area contributed by atoms with Crippen LogP contribution in [0.2, 0.25) is 0 Å². The van der Waals surface area contributed by atoms with E-state index in [1.807, 2.05) is 11.8 Å². The average molecular weight is 284 g/mol. The number of nitrogens with one attached hydrogen (secondary N) is 1. The van der Waals surface area contributed by atoms with E-state index in [9.17, 15) is 4.79 Å². The number of amides is 1. The van der Waals surface area contributed by atoms with Crippen molar-refractivity contribution in [2.24, 2.45) is 0 Å². The fraction of sp³-hybridized carbons (Fsp3) is 0.615. The van der Waals surface area contributed by atoms with E-state index in [0.717, 1.165) is 18.7 Å². The van der Waals surface area contributed by atoms with E-state index < -0.39 is 5.54 Å². The molecule has 2 atom stereocenters. The van der Waals surface area contributed by atoms with E-state index in [0.29, 0.717) is 0 Å². The minimum atomic E-state index is -0.412. The van der Waals surface area contributed by atoms with Crippen LogP contribution in [0.25, 0.3) is 0 Å². The molecule has 0 aromatic carbocycles. The summed E-state index contributed by atoms with van der Waals surface area (Å²) in [6, 6.07) is 2.10. The van der Waals surface area contributed by atoms with E-state index >= 15 is 0 Å². The Morgan fingerprint density at radius 1 is 1.61 bits per heavy atom. The maximum Gasteiger partial charge on any atom is 0.244 e. The highest BCUT2D eigenvalue weighted by Crippen LogP contribution is 2.33. The summed E-state index contributed by atoms with van der Waals surface area (Å²) in [5.74, 6) is 1.21. The van der Waals surface area contributed by atoms with Crippen molar-refractivity contribution >= 4 is 29.0 Å². The van der Waals surface area contributed by atoms with Crippen molar-refractivity contribution in [1.82, 2.24) is 10.2 Å². The number of hydrogen-bond acceptors (Lipinski definition) is 4. The monoisotopic (exact) mass is 284 g/mol. The summed E-state index contributed by atoms with van der Waals surface area (Å²) < 4.78 is 0. The molecule has 1 aliphatic rings. The zero-order valence-corrected chi connectivity index (χ0v) is 12.7. The first-order chi connectivity index (χ1) is 8.62. The molecule has 2 rings (SSSR count). The Bertz CT molecular complexity index is 407. The molecule has 1 amide bonds. The maximum absolute atomic E-state index is 12.5. The van der Waals surface area contributed by atoms with E-state index in [1.165, 1.54) is 5.56 Å². The smallest absolute Gasteiger partial charge is 0.244 e. The van der Waals surface area contributed by atoms with Crippen LogP contribution < -0.4 is 5.32 Å². The fourth-order valence-electron chi connectivity index (χ4n) is 2.24. The van der Waals surface area contributed by atoms with Crippen LogP contribution in [0, 0.1) is 0 Å². The van der Waals surface area contributed by atoms with Gasteiger partial charge >= 0.3 is 0 Å². The highest BCUT2D eigenvalue weighted by Gasteiger charge is 2.46. The van der Waals surface area contributed by atoms with Crippen molar-refractivity contribution in [1.29, 1.82) is 0 Å². The van der Waals surface area contributed by atoms with Gasteiger partial charge in [-0.1, -0.05) is 6.92 Å². The van der Waals surface area contributed by atoms with Crippen molar-refractivity contribution < 1.29 is 4.79 Å². The summed E-state index contributed by atoms with van der Waals surface area (Å²) in [6.45, 7) is 4.88. The number of carbonyl (C=O) groups is 1. The molecule has 3 nitrogen and oxygen atoms in total. The number of thiophene rings is 1. The normalized spacial score (nSPS) is 28.1. The van der Waals surface area contributed by atoms with E-state index in [-0.39, 0.29) is 12.1 Å². The molecule has 1 fully saturated rings. The second-order valence-corrected chi connectivity index (χ2v) is 6.55. The van der Waals surface area contributed by atoms with Gasteiger partial charge in [0.1, 0.15) is 6.17 Å². The Kier molecular flexibility index (Phi) is 4.35. The van der Waals surface area contributed by atoms with Crippen molar-refractivity contribution in [3.05, 3.63) is 22.4 Å². The van der Waals surface area contributed by atoms with Gasteiger partial charge in [0, 0.05) is 12.3 Å². The lowest BCUT2D eigenvalue weighted by molar-refractivity contribution is -0.132. The summed E-state index contributed by atoms with van der Waals surface area (Å²) in [6.07, 6.45) is 2.94. The third kappa shape index (κ3) is 2.44. The second kappa shape index (κ2) is 5.63. The first kappa shape index (κ1) is 13.9. The zero-order chi connectivity index (χ0) is 13.2. The number of nitrogens with zero attached hydrogens (tertiary/aromatic N) is 1. The van der Waals surface area contributed by atoms with Gasteiger partial charge in [-0.05, 0) is 42.0 Å². The van der Waals surface area contributed by atoms with Crippen LogP contribution in [0.1, 0.15) is 32.0 Å². The molecule has 5 heteroatoms. The topological polar surface area (TPSA) is 32.3 Å². The quantitative estimate of drug-likeness (QED) is 0.902. The molecule has 18 heavy (non-hydrogen) atoms. The van der Waals surface area contributed by atoms with Crippen LogP contribution in [0.4, 0.5) is 0 Å². The van der Waals surface area contributed by atoms with Crippen molar-refractivity contribution in [2.45, 2.75) is 32.0 Å². The molecule has 1 N–H and O–H groups in total. The van der Waals surface area contributed by atoms with Crippen LogP contribution in [-0.4, -0.2) is 34.9 Å². The molecule has 0 saturated carbocycles. The number of rotatable bonds is 5. The molecule has 1 aromatic rings. The standard InChI is InChI=1S/C13H20N2OS2/c1-4-13(2)12(16)15(6-8-17-3)11(14-13)10-5-7-18-9-10/h5,7,9,11,14H,4,6,8H2,1-3H3. The van der Waals surface area contributed by atoms with Gasteiger partial charge in [0.15, 0.2) is 0 Å². The molecule has 1 saturated heterocycles. The lowest BCUT2D eigenvalue weighted by Gasteiger charge is -2.23. The van der Waals surface area contributed by atoms with Gasteiger partial charge < -0.3 is 4.90 Å². The van der Waals surface area contributed by atoms with Gasteiger partial charge in [-0.2, -0.15) is 23.1 Å². The van der Waals surface area contributed by atoms with Crippen LogP contribution in [-0.2, 0) is 4.79 Å². The molecular formula is C13H20N2OS2. The van der Waals surface area contributed by atoms with Gasteiger partial charge in [0.2, 0.25) is 5.91 Å². The highest BCUT2D eigenvalue weighted by atomic mass is 32.2. The molecular weight excluding hydrogens is 264 g/mol. The lowest BCUT2D eigenvalue weighted by Crippen LogP contribution is -2.43. The molecule has 0 bridgehead atoms. The number of carbonyl (C=O) groups excluding carboxylic acids is 1. The molecule has 100 valence electrons. The molecule has 1 aromatic heterocycles. The van der Waals surface area contributed by atoms with Crippen molar-refractivity contribution in [3.8, 4) is 0 Å². The zero-order valence-electron chi connectivity index (χ0n) is 11.1. The van der Waals surface area contributed by atoms with Gasteiger partial charge in [0.05, 0.1) is 5.54 Å². The summed E-state index contributed by atoms with van der Waals surface area (Å²) in [7, 11) is 0. The van der Waals surface area contributed by atoms with Crippen LogP contribution >= 0.6 is 23.1 Å². The number of thioether (sulfide) groups is 1. The predicted octanol–water partition coefficient (Wildman–Crippen LogP) is 2.71. The predicted molar refractivity (Wildman–Crippen MR) is 79.0 cm³/mol. The van der Waals surface area contributed by atoms with Crippen molar-refractivity contribution in [2.75, 3.05) is 18.6 Å². The minimum Gasteiger partial charge on any atom is -0.320 e. The van der Waals surface area contributed by atoms with Gasteiger partial charge in [-0.3, -0.25) is 10.1 Å². The first-order valence-corrected chi connectivity index (χ1v) is 8.56. The van der Waals surface area contributed by atoms with E-state index in [1.54, 1.807) is 23.1 Å². The van der Waals surface area contributed by atoms with E-state index in [2.05, 4.69) is 35.3 Å². The average Bonchev–Trinajstić information content (AvgIpc) is 2.97. The van der Waals surface area contributed by atoms with Gasteiger partial charge in [0.25, 0.3) is 0 Å². The molecule has 0 aliphatic carbocycles. The third-order valence-corrected chi connectivity index (χ3v) is 4.89. The Balaban J connectivity index is 2.24. The molecule has 1 aliphatic heterocycles. The van der Waals surface area contributed by atoms with Gasteiger partial charge in [-0.25, -0.2) is 0 Å². The first-order valence-electron chi connectivity index (χ1n) is 6.22. The Morgan fingerprint density at radius 3 is 2.94 bits per heavy atom. The highest BCUT2D eigenvalue weighted by molar-refractivity contribution is 7.98. The minimum absolute atomic E-state index is 0.0425. The summed E-state index contributed by atoms with van der Waals surface area (Å²) in [5.41, 5.74) is 0.789. The number of hydrogen-bond donors (Lipinski definition) is 1. The van der Waals surface area contributed by atoms with E-state index in [4.69, 9.17) is 0 Å². The molecule has 0 spiro atoms. The molecule has 0 radical (unpaired) electrons. The summed E-state index contributed by atoms with van der Waals surface area (Å²) in [5, 5.41) is 7.69. The molecule has 2 unspecified atom stereocenters. The molecule has 2 heterocycles. The Labute approximate surface area is 117 Å². The maximum atomic E-state index is 12.5.